The molecule has 4 rings (SSSR count). The zero-order chi connectivity index (χ0) is 23.4. The summed E-state index contributed by atoms with van der Waals surface area (Å²) in [5.74, 6) is -0.487. The van der Waals surface area contributed by atoms with Gasteiger partial charge in [-0.15, -0.1) is 11.3 Å². The smallest absolute Gasteiger partial charge is 0.341 e. The third-order valence-corrected chi connectivity index (χ3v) is 6.11. The second kappa shape index (κ2) is 9.74. The van der Waals surface area contributed by atoms with Crippen LogP contribution in [0, 0.1) is 6.92 Å². The molecule has 2 N–H and O–H groups in total. The predicted octanol–water partition coefficient (Wildman–Crippen LogP) is 4.26. The number of fused-ring (bicyclic) bond motifs is 1. The van der Waals surface area contributed by atoms with Crippen LogP contribution in [0.1, 0.15) is 32.5 Å². The summed E-state index contributed by atoms with van der Waals surface area (Å²) in [6.45, 7) is 3.51. The minimum absolute atomic E-state index is 0.0172. The van der Waals surface area contributed by atoms with Crippen molar-refractivity contribution in [2.24, 2.45) is 0 Å². The van der Waals surface area contributed by atoms with E-state index < -0.39 is 18.0 Å². The van der Waals surface area contributed by atoms with Crippen molar-refractivity contribution in [3.63, 3.8) is 0 Å². The third kappa shape index (κ3) is 4.83. The molecule has 0 radical (unpaired) electrons. The van der Waals surface area contributed by atoms with Crippen LogP contribution in [0.25, 0.3) is 0 Å². The molecule has 1 atom stereocenters. The topological polar surface area (TPSA) is 103 Å². The first-order chi connectivity index (χ1) is 16.0. The summed E-state index contributed by atoms with van der Waals surface area (Å²) in [4.78, 5) is 38.8. The van der Waals surface area contributed by atoms with Gasteiger partial charge in [0.25, 0.3) is 11.8 Å². The van der Waals surface area contributed by atoms with Crippen LogP contribution >= 0.6 is 11.3 Å². The van der Waals surface area contributed by atoms with Crippen molar-refractivity contribution in [2.75, 3.05) is 23.8 Å². The van der Waals surface area contributed by atoms with Crippen molar-refractivity contribution in [3.05, 3.63) is 70.6 Å². The van der Waals surface area contributed by atoms with Gasteiger partial charge in [-0.25, -0.2) is 4.79 Å². The molecule has 0 unspecified atom stereocenters. The zero-order valence-electron chi connectivity index (χ0n) is 18.0. The molecule has 8 nitrogen and oxygen atoms in total. The summed E-state index contributed by atoms with van der Waals surface area (Å²) < 4.78 is 16.5. The fourth-order valence-corrected chi connectivity index (χ4v) is 4.41. The highest BCUT2D eigenvalue weighted by molar-refractivity contribution is 7.19. The van der Waals surface area contributed by atoms with Gasteiger partial charge in [0.2, 0.25) is 6.10 Å². The highest BCUT2D eigenvalue weighted by Gasteiger charge is 2.31. The van der Waals surface area contributed by atoms with Crippen molar-refractivity contribution in [3.8, 4) is 11.5 Å². The van der Waals surface area contributed by atoms with Gasteiger partial charge in [-0.1, -0.05) is 30.3 Å². The fraction of sp³-hybridized carbons (Fsp3) is 0.208. The third-order valence-electron chi connectivity index (χ3n) is 4.90. The molecule has 1 aliphatic rings. The lowest BCUT2D eigenvalue weighted by atomic mass is 10.1. The molecule has 0 bridgehead atoms. The second-order valence-corrected chi connectivity index (χ2v) is 8.18. The molecule has 0 saturated carbocycles. The molecular formula is C24H22N2O6S. The Balaban J connectivity index is 1.58. The molecule has 33 heavy (non-hydrogen) atoms. The molecule has 2 aromatic carbocycles. The van der Waals surface area contributed by atoms with E-state index in [-0.39, 0.29) is 29.7 Å². The number of rotatable bonds is 6. The molecule has 1 aromatic heterocycles. The van der Waals surface area contributed by atoms with Gasteiger partial charge in [0, 0.05) is 5.69 Å². The molecule has 2 heterocycles. The molecule has 0 spiro atoms. The maximum Gasteiger partial charge on any atom is 0.341 e. The Morgan fingerprint density at radius 3 is 2.45 bits per heavy atom. The maximum atomic E-state index is 12.9. The Kier molecular flexibility index (Phi) is 6.60. The number of carbonyl (C=O) groups excluding carboxylic acids is 3. The number of benzene rings is 2. The van der Waals surface area contributed by atoms with Crippen LogP contribution in [-0.4, -0.2) is 37.1 Å². The summed E-state index contributed by atoms with van der Waals surface area (Å²) in [5.41, 5.74) is 1.18. The standard InChI is InChI=1S/C24H22N2O6S/c1-3-30-24(29)19-14(2)20(22(28)25-15-9-5-4-6-10-15)33-23(19)26-21(27)18-13-31-16-11-7-8-12-17(16)32-18/h4-12,18H,3,13H2,1-2H3,(H,25,28)(H,26,27)/t18-/m0/s1. The van der Waals surface area contributed by atoms with E-state index in [1.165, 1.54) is 0 Å². The van der Waals surface area contributed by atoms with Crippen LogP contribution in [0.15, 0.2) is 54.6 Å². The predicted molar refractivity (Wildman–Crippen MR) is 124 cm³/mol. The number of hydrogen-bond donors (Lipinski definition) is 2. The number of ether oxygens (including phenoxy) is 3. The van der Waals surface area contributed by atoms with E-state index in [0.717, 1.165) is 11.3 Å². The largest absolute Gasteiger partial charge is 0.485 e. The lowest BCUT2D eigenvalue weighted by molar-refractivity contribution is -0.125. The second-order valence-electron chi connectivity index (χ2n) is 7.15. The van der Waals surface area contributed by atoms with Crippen LogP contribution in [0.5, 0.6) is 11.5 Å². The van der Waals surface area contributed by atoms with Crippen LogP contribution in [0.4, 0.5) is 10.7 Å². The lowest BCUT2D eigenvalue weighted by Crippen LogP contribution is -2.40. The molecule has 0 aliphatic carbocycles. The van der Waals surface area contributed by atoms with E-state index in [4.69, 9.17) is 14.2 Å². The minimum Gasteiger partial charge on any atom is -0.485 e. The van der Waals surface area contributed by atoms with Crippen LogP contribution in [-0.2, 0) is 9.53 Å². The van der Waals surface area contributed by atoms with E-state index in [1.807, 2.05) is 12.1 Å². The number of thiophene rings is 1. The van der Waals surface area contributed by atoms with Crippen molar-refractivity contribution >= 4 is 39.8 Å². The summed E-state index contributed by atoms with van der Waals surface area (Å²) in [7, 11) is 0. The Hall–Kier alpha value is -3.85. The molecule has 0 fully saturated rings. The molecule has 0 saturated heterocycles. The molecular weight excluding hydrogens is 444 g/mol. The van der Waals surface area contributed by atoms with E-state index in [9.17, 15) is 14.4 Å². The van der Waals surface area contributed by atoms with E-state index >= 15 is 0 Å². The molecule has 2 amide bonds. The Morgan fingerprint density at radius 2 is 1.73 bits per heavy atom. The summed E-state index contributed by atoms with van der Waals surface area (Å²) in [5, 5.41) is 5.74. The quantitative estimate of drug-likeness (QED) is 0.526. The number of hydrogen-bond acceptors (Lipinski definition) is 7. The Bertz CT molecular complexity index is 1190. The van der Waals surface area contributed by atoms with Gasteiger partial charge in [-0.2, -0.15) is 0 Å². The van der Waals surface area contributed by atoms with Gasteiger partial charge in [0.1, 0.15) is 11.6 Å². The number of para-hydroxylation sites is 3. The average molecular weight is 467 g/mol. The summed E-state index contributed by atoms with van der Waals surface area (Å²) in [6, 6.07) is 16.0. The van der Waals surface area contributed by atoms with E-state index in [0.29, 0.717) is 27.6 Å². The van der Waals surface area contributed by atoms with E-state index in [2.05, 4.69) is 10.6 Å². The van der Waals surface area contributed by atoms with Crippen molar-refractivity contribution in [1.82, 2.24) is 0 Å². The van der Waals surface area contributed by atoms with Crippen molar-refractivity contribution in [1.29, 1.82) is 0 Å². The Labute approximate surface area is 194 Å². The zero-order valence-corrected chi connectivity index (χ0v) is 18.9. The number of carbonyl (C=O) groups is 3. The van der Waals surface area contributed by atoms with Crippen LogP contribution < -0.4 is 20.1 Å². The lowest BCUT2D eigenvalue weighted by Gasteiger charge is -2.25. The van der Waals surface area contributed by atoms with Gasteiger partial charge in [-0.3, -0.25) is 9.59 Å². The van der Waals surface area contributed by atoms with Crippen LogP contribution in [0.2, 0.25) is 0 Å². The number of amides is 2. The van der Waals surface area contributed by atoms with Gasteiger partial charge >= 0.3 is 5.97 Å². The molecule has 1 aliphatic heterocycles. The Morgan fingerprint density at radius 1 is 1.03 bits per heavy atom. The highest BCUT2D eigenvalue weighted by Crippen LogP contribution is 2.35. The molecule has 170 valence electrons. The number of esters is 1. The first-order valence-electron chi connectivity index (χ1n) is 10.3. The molecule has 9 heteroatoms. The van der Waals surface area contributed by atoms with Gasteiger partial charge in [0.05, 0.1) is 17.0 Å². The SMILES string of the molecule is CCOC(=O)c1c(NC(=O)[C@@H]2COc3ccccc3O2)sc(C(=O)Nc2ccccc2)c1C. The van der Waals surface area contributed by atoms with Crippen molar-refractivity contribution in [2.45, 2.75) is 20.0 Å². The normalized spacial score (nSPS) is 14.3. The minimum atomic E-state index is -0.918. The highest BCUT2D eigenvalue weighted by atomic mass is 32.1. The number of nitrogens with one attached hydrogen (secondary N) is 2. The summed E-state index contributed by atoms with van der Waals surface area (Å²) >= 11 is 1.00. The van der Waals surface area contributed by atoms with Crippen molar-refractivity contribution < 1.29 is 28.6 Å². The van der Waals surface area contributed by atoms with E-state index in [1.54, 1.807) is 56.3 Å². The van der Waals surface area contributed by atoms with Gasteiger partial charge in [-0.05, 0) is 43.7 Å². The van der Waals surface area contributed by atoms with Gasteiger partial charge in [0.15, 0.2) is 11.5 Å². The summed E-state index contributed by atoms with van der Waals surface area (Å²) in [6.07, 6.45) is -0.918. The average Bonchev–Trinajstić information content (AvgIpc) is 3.15. The fourth-order valence-electron chi connectivity index (χ4n) is 3.32. The maximum absolute atomic E-state index is 12.9. The van der Waals surface area contributed by atoms with Gasteiger partial charge < -0.3 is 24.8 Å². The first-order valence-corrected chi connectivity index (χ1v) is 11.2. The first kappa shape index (κ1) is 22.3. The number of anilines is 2. The van der Waals surface area contributed by atoms with Crippen LogP contribution in [0.3, 0.4) is 0 Å². The molecule has 3 aromatic rings. The monoisotopic (exact) mass is 466 g/mol.